The normalized spacial score (nSPS) is 12.9. The molecule has 0 saturated heterocycles. The second-order valence-corrected chi connectivity index (χ2v) is 12.7. The highest BCUT2D eigenvalue weighted by Gasteiger charge is 2.29. The zero-order valence-corrected chi connectivity index (χ0v) is 22.9. The molecule has 40 heavy (non-hydrogen) atoms. The van der Waals surface area contributed by atoms with Crippen molar-refractivity contribution in [1.29, 1.82) is 0 Å². The molecule has 4 heterocycles. The summed E-state index contributed by atoms with van der Waals surface area (Å²) in [7, 11) is 0. The average molecular weight is 545 g/mol. The molecule has 0 aliphatic carbocycles. The fraction of sp³-hybridized carbons (Fsp3) is 0. The van der Waals surface area contributed by atoms with Crippen molar-refractivity contribution in [2.24, 2.45) is 0 Å². The number of anilines is 3. The molecule has 0 radical (unpaired) electrons. The van der Waals surface area contributed by atoms with E-state index in [1.807, 2.05) is 22.7 Å². The van der Waals surface area contributed by atoms with Crippen molar-refractivity contribution in [1.82, 2.24) is 4.57 Å². The summed E-state index contributed by atoms with van der Waals surface area (Å²) < 4.78 is 7.85. The van der Waals surface area contributed by atoms with Gasteiger partial charge in [-0.15, -0.1) is 22.7 Å². The topological polar surface area (TPSA) is 8.17 Å². The molecule has 10 rings (SSSR count). The van der Waals surface area contributed by atoms with Gasteiger partial charge in [0.2, 0.25) is 0 Å². The zero-order valence-electron chi connectivity index (χ0n) is 21.3. The van der Waals surface area contributed by atoms with Gasteiger partial charge >= 0.3 is 0 Å². The molecule has 4 heteroatoms. The Morgan fingerprint density at radius 1 is 0.400 bits per heavy atom. The first-order valence-electron chi connectivity index (χ1n) is 13.5. The minimum atomic E-state index is 1.19. The SMILES string of the molecule is c1ccc2c(c1)N(c1ccc3sc4ccccc4c3c1)c1cccc3c4cc5sc6ccccc6c5cc4n-2c13. The molecule has 3 aromatic heterocycles. The molecule has 9 aromatic rings. The fourth-order valence-corrected chi connectivity index (χ4v) is 9.01. The molecular formula is C36H20N2S2. The van der Waals surface area contributed by atoms with Crippen LogP contribution in [0.15, 0.2) is 121 Å². The van der Waals surface area contributed by atoms with Crippen molar-refractivity contribution in [3.8, 4) is 5.69 Å². The number of hydrogen-bond acceptors (Lipinski definition) is 3. The van der Waals surface area contributed by atoms with Gasteiger partial charge < -0.3 is 9.47 Å². The predicted molar refractivity (Wildman–Crippen MR) is 175 cm³/mol. The number of fused-ring (bicyclic) bond motifs is 11. The third-order valence-electron chi connectivity index (χ3n) is 8.49. The summed E-state index contributed by atoms with van der Waals surface area (Å²) in [5.41, 5.74) is 7.38. The summed E-state index contributed by atoms with van der Waals surface area (Å²) in [6, 6.07) is 45.0. The summed E-state index contributed by atoms with van der Waals surface area (Å²) in [4.78, 5) is 2.46. The lowest BCUT2D eigenvalue weighted by Crippen LogP contribution is -2.17. The van der Waals surface area contributed by atoms with Crippen molar-refractivity contribution in [3.05, 3.63) is 121 Å². The monoisotopic (exact) mass is 544 g/mol. The van der Waals surface area contributed by atoms with Gasteiger partial charge in [-0.05, 0) is 60.7 Å². The van der Waals surface area contributed by atoms with E-state index in [0.717, 1.165) is 0 Å². The van der Waals surface area contributed by atoms with Crippen LogP contribution in [0.1, 0.15) is 0 Å². The van der Waals surface area contributed by atoms with Crippen LogP contribution in [-0.2, 0) is 0 Å². The summed E-state index contributed by atoms with van der Waals surface area (Å²) in [5, 5.41) is 7.93. The largest absolute Gasteiger partial charge is 0.306 e. The van der Waals surface area contributed by atoms with E-state index in [-0.39, 0.29) is 0 Å². The average Bonchev–Trinajstić information content (AvgIpc) is 3.66. The van der Waals surface area contributed by atoms with Gasteiger partial charge in [-0.25, -0.2) is 0 Å². The zero-order chi connectivity index (χ0) is 25.9. The lowest BCUT2D eigenvalue weighted by atomic mass is 10.1. The van der Waals surface area contributed by atoms with E-state index >= 15 is 0 Å². The highest BCUT2D eigenvalue weighted by molar-refractivity contribution is 7.26. The molecule has 0 spiro atoms. The van der Waals surface area contributed by atoms with Crippen LogP contribution in [-0.4, -0.2) is 4.57 Å². The maximum absolute atomic E-state index is 2.50. The number of para-hydroxylation sites is 3. The molecular weight excluding hydrogens is 525 g/mol. The van der Waals surface area contributed by atoms with Crippen LogP contribution >= 0.6 is 22.7 Å². The van der Waals surface area contributed by atoms with Crippen LogP contribution in [0, 0.1) is 0 Å². The second-order valence-electron chi connectivity index (χ2n) is 10.6. The van der Waals surface area contributed by atoms with E-state index < -0.39 is 0 Å². The molecule has 0 saturated carbocycles. The van der Waals surface area contributed by atoms with Crippen LogP contribution in [0.4, 0.5) is 17.1 Å². The maximum Gasteiger partial charge on any atom is 0.0783 e. The van der Waals surface area contributed by atoms with Crippen molar-refractivity contribution in [2.45, 2.75) is 0 Å². The Morgan fingerprint density at radius 3 is 1.85 bits per heavy atom. The van der Waals surface area contributed by atoms with Gasteiger partial charge in [0.15, 0.2) is 0 Å². The third kappa shape index (κ3) is 2.63. The summed E-state index contributed by atoms with van der Waals surface area (Å²) >= 11 is 3.76. The van der Waals surface area contributed by atoms with Gasteiger partial charge in [0.25, 0.3) is 0 Å². The van der Waals surface area contributed by atoms with E-state index in [4.69, 9.17) is 0 Å². The predicted octanol–water partition coefficient (Wildman–Crippen LogP) is 11.3. The highest BCUT2D eigenvalue weighted by atomic mass is 32.1. The lowest BCUT2D eigenvalue weighted by Gasteiger charge is -2.33. The van der Waals surface area contributed by atoms with Crippen molar-refractivity contribution in [2.75, 3.05) is 4.90 Å². The maximum atomic E-state index is 2.50. The van der Waals surface area contributed by atoms with Crippen LogP contribution in [0.3, 0.4) is 0 Å². The van der Waals surface area contributed by atoms with E-state index in [2.05, 4.69) is 131 Å². The van der Waals surface area contributed by atoms with Crippen LogP contribution in [0.5, 0.6) is 0 Å². The van der Waals surface area contributed by atoms with E-state index in [1.54, 1.807) is 0 Å². The molecule has 0 bridgehead atoms. The summed E-state index contributed by atoms with van der Waals surface area (Å²) in [6.07, 6.45) is 0. The van der Waals surface area contributed by atoms with Gasteiger partial charge in [-0.1, -0.05) is 60.7 Å². The number of hydrogen-bond donors (Lipinski definition) is 0. The molecule has 0 amide bonds. The minimum absolute atomic E-state index is 1.19. The Balaban J connectivity index is 1.32. The Morgan fingerprint density at radius 2 is 1.02 bits per heavy atom. The van der Waals surface area contributed by atoms with Gasteiger partial charge in [0.1, 0.15) is 0 Å². The van der Waals surface area contributed by atoms with Crippen LogP contribution in [0.25, 0.3) is 67.8 Å². The number of aromatic nitrogens is 1. The van der Waals surface area contributed by atoms with E-state index in [1.165, 1.54) is 84.9 Å². The molecule has 186 valence electrons. The van der Waals surface area contributed by atoms with Gasteiger partial charge in [0, 0.05) is 56.8 Å². The second kappa shape index (κ2) is 7.51. The lowest BCUT2D eigenvalue weighted by molar-refractivity contribution is 1.11. The minimum Gasteiger partial charge on any atom is -0.306 e. The van der Waals surface area contributed by atoms with Crippen molar-refractivity contribution in [3.63, 3.8) is 0 Å². The molecule has 2 nitrogen and oxygen atoms in total. The summed E-state index contributed by atoms with van der Waals surface area (Å²) in [6.45, 7) is 0. The first-order chi connectivity index (χ1) is 19.8. The van der Waals surface area contributed by atoms with Crippen molar-refractivity contribution < 1.29 is 0 Å². The smallest absolute Gasteiger partial charge is 0.0783 e. The Hall–Kier alpha value is -4.64. The summed E-state index contributed by atoms with van der Waals surface area (Å²) in [5.74, 6) is 0. The van der Waals surface area contributed by atoms with Gasteiger partial charge in [-0.3, -0.25) is 0 Å². The van der Waals surface area contributed by atoms with Crippen LogP contribution in [0.2, 0.25) is 0 Å². The number of benzene rings is 6. The standard InChI is InChI=1S/C36H20N2S2/c1-5-14-32-22(8-1)26-18-21(16-17-34(26)39-32)37-28-11-3-4-12-29(28)38-31-19-27-23-9-2-6-15-33(23)40-35(27)20-25(31)24-10-7-13-30(37)36(24)38/h1-20H. The molecule has 0 N–H and O–H groups in total. The van der Waals surface area contributed by atoms with Crippen molar-refractivity contribution >= 4 is 102 Å². The fourth-order valence-electron chi connectivity index (χ4n) is 6.80. The number of nitrogens with zero attached hydrogens (tertiary/aromatic N) is 2. The molecule has 1 aliphatic heterocycles. The first kappa shape index (κ1) is 21.2. The molecule has 0 unspecified atom stereocenters. The molecule has 6 aromatic carbocycles. The van der Waals surface area contributed by atoms with E-state index in [9.17, 15) is 0 Å². The Kier molecular flexibility index (Phi) is 3.98. The Labute approximate surface area is 237 Å². The highest BCUT2D eigenvalue weighted by Crippen LogP contribution is 2.51. The van der Waals surface area contributed by atoms with Crippen LogP contribution < -0.4 is 4.90 Å². The molecule has 0 fully saturated rings. The van der Waals surface area contributed by atoms with E-state index in [0.29, 0.717) is 0 Å². The number of thiophene rings is 2. The molecule has 1 aliphatic rings. The van der Waals surface area contributed by atoms with Gasteiger partial charge in [0.05, 0.1) is 28.1 Å². The quantitative estimate of drug-likeness (QED) is 0.199. The third-order valence-corrected chi connectivity index (χ3v) is 10.8. The number of rotatable bonds is 1. The first-order valence-corrected chi connectivity index (χ1v) is 15.2. The Bertz CT molecular complexity index is 2510. The van der Waals surface area contributed by atoms with Gasteiger partial charge in [-0.2, -0.15) is 0 Å². The molecule has 0 atom stereocenters.